The van der Waals surface area contributed by atoms with Gasteiger partial charge in [-0.2, -0.15) is 0 Å². The Morgan fingerprint density at radius 3 is 2.57 bits per heavy atom. The topological polar surface area (TPSA) is 85.4 Å². The van der Waals surface area contributed by atoms with Gasteiger partial charge in [0.1, 0.15) is 11.5 Å². The van der Waals surface area contributed by atoms with E-state index < -0.39 is 0 Å². The van der Waals surface area contributed by atoms with Gasteiger partial charge < -0.3 is 20.1 Å². The van der Waals surface area contributed by atoms with Gasteiger partial charge in [-0.3, -0.25) is 4.79 Å². The Morgan fingerprint density at radius 2 is 1.82 bits per heavy atom. The Hall–Kier alpha value is -2.62. The lowest BCUT2D eigenvalue weighted by molar-refractivity contribution is -0.118. The van der Waals surface area contributed by atoms with Gasteiger partial charge in [0.2, 0.25) is 11.0 Å². The van der Waals surface area contributed by atoms with Crippen molar-refractivity contribution in [2.45, 2.75) is 4.34 Å². The van der Waals surface area contributed by atoms with Gasteiger partial charge >= 0.3 is 0 Å². The maximum atomic E-state index is 11.7. The maximum absolute atomic E-state index is 11.7. The summed E-state index contributed by atoms with van der Waals surface area (Å²) >= 11 is 2.75. The number of hydrogen-bond donors (Lipinski definition) is 2. The average molecular weight is 417 g/mol. The quantitative estimate of drug-likeness (QED) is 0.383. The Bertz CT molecular complexity index is 872. The molecule has 0 spiro atoms. The van der Waals surface area contributed by atoms with Gasteiger partial charge in [-0.05, 0) is 36.4 Å². The van der Waals surface area contributed by atoms with Crippen molar-refractivity contribution >= 4 is 39.8 Å². The van der Waals surface area contributed by atoms with Crippen molar-refractivity contribution in [1.82, 2.24) is 15.5 Å². The van der Waals surface area contributed by atoms with Gasteiger partial charge in [0, 0.05) is 19.3 Å². The minimum atomic E-state index is -0.0548. The molecule has 7 nitrogen and oxygen atoms in total. The second kappa shape index (κ2) is 10.6. The molecular weight excluding hydrogens is 396 g/mol. The summed E-state index contributed by atoms with van der Waals surface area (Å²) in [5.74, 6) is 1.79. The largest absolute Gasteiger partial charge is 0.457 e. The zero-order valence-electron chi connectivity index (χ0n) is 15.3. The molecule has 2 N–H and O–H groups in total. The van der Waals surface area contributed by atoms with E-state index in [1.807, 2.05) is 54.6 Å². The second-order valence-corrected chi connectivity index (χ2v) is 7.77. The Balaban J connectivity index is 1.47. The number of carbonyl (C=O) groups is 1. The number of nitrogens with one attached hydrogen (secondary N) is 2. The number of anilines is 2. The highest BCUT2D eigenvalue weighted by atomic mass is 32.2. The lowest BCUT2D eigenvalue weighted by atomic mass is 10.3. The lowest BCUT2D eigenvalue weighted by Gasteiger charge is -2.06. The summed E-state index contributed by atoms with van der Waals surface area (Å²) < 4.78 is 11.4. The van der Waals surface area contributed by atoms with Crippen molar-refractivity contribution < 1.29 is 14.3 Å². The van der Waals surface area contributed by atoms with E-state index in [4.69, 9.17) is 9.47 Å². The van der Waals surface area contributed by atoms with Crippen LogP contribution in [0.25, 0.3) is 0 Å². The summed E-state index contributed by atoms with van der Waals surface area (Å²) in [6, 6.07) is 17.2. The predicted octanol–water partition coefficient (Wildman–Crippen LogP) is 3.93. The molecule has 9 heteroatoms. The maximum Gasteiger partial charge on any atom is 0.230 e. The smallest absolute Gasteiger partial charge is 0.230 e. The van der Waals surface area contributed by atoms with Crippen LogP contribution in [0.2, 0.25) is 0 Å². The van der Waals surface area contributed by atoms with E-state index in [1.54, 1.807) is 7.11 Å². The Kier molecular flexibility index (Phi) is 7.65. The number of benzene rings is 2. The zero-order chi connectivity index (χ0) is 19.6. The van der Waals surface area contributed by atoms with Gasteiger partial charge in [0.15, 0.2) is 4.34 Å². The normalized spacial score (nSPS) is 10.5. The van der Waals surface area contributed by atoms with Crippen LogP contribution in [-0.2, 0) is 9.53 Å². The Morgan fingerprint density at radius 1 is 1.07 bits per heavy atom. The van der Waals surface area contributed by atoms with E-state index in [2.05, 4.69) is 20.8 Å². The van der Waals surface area contributed by atoms with Gasteiger partial charge in [-0.1, -0.05) is 41.3 Å². The average Bonchev–Trinajstić information content (AvgIpc) is 3.16. The minimum absolute atomic E-state index is 0.0548. The highest BCUT2D eigenvalue weighted by molar-refractivity contribution is 8.01. The van der Waals surface area contributed by atoms with Gasteiger partial charge in [-0.15, -0.1) is 10.2 Å². The number of para-hydroxylation sites is 1. The molecule has 146 valence electrons. The van der Waals surface area contributed by atoms with Crippen molar-refractivity contribution in [2.24, 2.45) is 0 Å². The number of carbonyl (C=O) groups excluding carboxylic acids is 1. The van der Waals surface area contributed by atoms with Gasteiger partial charge in [0.25, 0.3) is 0 Å². The second-order valence-electron chi connectivity index (χ2n) is 5.57. The number of methoxy groups -OCH3 is 1. The molecule has 0 aliphatic carbocycles. The monoisotopic (exact) mass is 416 g/mol. The van der Waals surface area contributed by atoms with Crippen LogP contribution in [0.3, 0.4) is 0 Å². The lowest BCUT2D eigenvalue weighted by Crippen LogP contribution is -2.28. The molecule has 1 heterocycles. The number of rotatable bonds is 10. The van der Waals surface area contributed by atoms with Crippen LogP contribution in [0, 0.1) is 0 Å². The van der Waals surface area contributed by atoms with Crippen LogP contribution in [0.4, 0.5) is 10.8 Å². The molecule has 0 unspecified atom stereocenters. The zero-order valence-corrected chi connectivity index (χ0v) is 16.9. The number of thioether (sulfide) groups is 1. The van der Waals surface area contributed by atoms with Crippen molar-refractivity contribution in [3.63, 3.8) is 0 Å². The molecule has 2 aromatic carbocycles. The third kappa shape index (κ3) is 6.52. The fourth-order valence-corrected chi connectivity index (χ4v) is 3.75. The molecule has 3 aromatic rings. The van der Waals surface area contributed by atoms with Crippen LogP contribution >= 0.6 is 23.1 Å². The summed E-state index contributed by atoms with van der Waals surface area (Å²) in [5.41, 5.74) is 0.880. The molecule has 3 rings (SSSR count). The first-order valence-electron chi connectivity index (χ1n) is 8.55. The van der Waals surface area contributed by atoms with E-state index in [0.717, 1.165) is 21.5 Å². The molecule has 0 atom stereocenters. The van der Waals surface area contributed by atoms with Gasteiger partial charge in [-0.25, -0.2) is 0 Å². The van der Waals surface area contributed by atoms with Crippen molar-refractivity contribution in [3.05, 3.63) is 54.6 Å². The van der Waals surface area contributed by atoms with Crippen LogP contribution in [0.5, 0.6) is 11.5 Å². The van der Waals surface area contributed by atoms with Crippen LogP contribution < -0.4 is 15.4 Å². The standard InChI is InChI=1S/C19H20N4O3S2/c1-25-12-11-20-17(24)13-27-19-23-22-18(28-19)21-14-7-9-16(10-8-14)26-15-5-3-2-4-6-15/h2-10H,11-13H2,1H3,(H,20,24)(H,21,22). The van der Waals surface area contributed by atoms with E-state index in [0.29, 0.717) is 24.0 Å². The minimum Gasteiger partial charge on any atom is -0.457 e. The third-order valence-corrected chi connectivity index (χ3v) is 5.42. The molecule has 0 saturated carbocycles. The number of aromatic nitrogens is 2. The first-order chi connectivity index (χ1) is 13.7. The molecule has 0 fully saturated rings. The number of hydrogen-bond acceptors (Lipinski definition) is 8. The van der Waals surface area contributed by atoms with E-state index >= 15 is 0 Å². The molecule has 0 aliphatic rings. The summed E-state index contributed by atoms with van der Waals surface area (Å²) in [6.07, 6.45) is 0. The van der Waals surface area contributed by atoms with Crippen LogP contribution in [0.1, 0.15) is 0 Å². The first kappa shape index (κ1) is 20.1. The first-order valence-corrected chi connectivity index (χ1v) is 10.3. The molecule has 1 aromatic heterocycles. The molecule has 0 aliphatic heterocycles. The van der Waals surface area contributed by atoms with E-state index in [-0.39, 0.29) is 5.91 Å². The highest BCUT2D eigenvalue weighted by Gasteiger charge is 2.08. The van der Waals surface area contributed by atoms with Crippen molar-refractivity contribution in [1.29, 1.82) is 0 Å². The number of amides is 1. The predicted molar refractivity (Wildman–Crippen MR) is 112 cm³/mol. The van der Waals surface area contributed by atoms with Gasteiger partial charge in [0.05, 0.1) is 12.4 Å². The number of nitrogens with zero attached hydrogens (tertiary/aromatic N) is 2. The Labute approximate surface area is 171 Å². The summed E-state index contributed by atoms with van der Waals surface area (Å²) in [4.78, 5) is 11.7. The van der Waals surface area contributed by atoms with E-state index in [1.165, 1.54) is 23.1 Å². The molecular formula is C19H20N4O3S2. The van der Waals surface area contributed by atoms with Crippen LogP contribution in [-0.4, -0.2) is 42.1 Å². The SMILES string of the molecule is COCCNC(=O)CSc1nnc(Nc2ccc(Oc3ccccc3)cc2)s1. The number of ether oxygens (including phenoxy) is 2. The molecule has 0 radical (unpaired) electrons. The van der Waals surface area contributed by atoms with Crippen LogP contribution in [0.15, 0.2) is 58.9 Å². The fourth-order valence-electron chi connectivity index (χ4n) is 2.14. The third-order valence-electron chi connectivity index (χ3n) is 3.45. The summed E-state index contributed by atoms with van der Waals surface area (Å²) in [7, 11) is 1.60. The molecule has 0 saturated heterocycles. The highest BCUT2D eigenvalue weighted by Crippen LogP contribution is 2.29. The molecule has 0 bridgehead atoms. The van der Waals surface area contributed by atoms with Crippen molar-refractivity contribution in [3.8, 4) is 11.5 Å². The van der Waals surface area contributed by atoms with E-state index in [9.17, 15) is 4.79 Å². The molecule has 28 heavy (non-hydrogen) atoms. The summed E-state index contributed by atoms with van der Waals surface area (Å²) in [5, 5.41) is 14.8. The molecule has 1 amide bonds. The summed E-state index contributed by atoms with van der Waals surface area (Å²) in [6.45, 7) is 1.00. The fraction of sp³-hybridized carbons (Fsp3) is 0.211. The van der Waals surface area contributed by atoms with Crippen molar-refractivity contribution in [2.75, 3.05) is 31.3 Å².